The average molecular weight is 383 g/mol. The van der Waals surface area contributed by atoms with Crippen LogP contribution in [0.4, 0.5) is 0 Å². The molecular weight excluding hydrogens is 359 g/mol. The third kappa shape index (κ3) is 4.06. The Bertz CT molecular complexity index is 716. The second-order valence-electron chi connectivity index (χ2n) is 6.36. The van der Waals surface area contributed by atoms with Gasteiger partial charge in [0, 0.05) is 56.9 Å². The van der Waals surface area contributed by atoms with Crippen molar-refractivity contribution in [1.82, 2.24) is 20.1 Å². The summed E-state index contributed by atoms with van der Waals surface area (Å²) in [4.78, 5) is 21.9. The first-order valence-corrected chi connectivity index (χ1v) is 8.41. The van der Waals surface area contributed by atoms with E-state index in [0.717, 1.165) is 62.2 Å². The lowest BCUT2D eigenvalue weighted by atomic mass is 10.1. The molecule has 2 aliphatic rings. The molecule has 2 aliphatic heterocycles. The van der Waals surface area contributed by atoms with E-state index in [1.165, 1.54) is 0 Å². The van der Waals surface area contributed by atoms with E-state index in [4.69, 9.17) is 0 Å². The van der Waals surface area contributed by atoms with Gasteiger partial charge in [-0.25, -0.2) is 0 Å². The molecule has 0 aliphatic carbocycles. The third-order valence-electron chi connectivity index (χ3n) is 4.98. The van der Waals surface area contributed by atoms with Gasteiger partial charge in [0.15, 0.2) is 0 Å². The van der Waals surface area contributed by atoms with Crippen molar-refractivity contribution in [1.29, 1.82) is 0 Å². The second kappa shape index (κ2) is 8.81. The van der Waals surface area contributed by atoms with Crippen LogP contribution in [0.5, 0.6) is 0 Å². The van der Waals surface area contributed by atoms with Gasteiger partial charge in [-0.05, 0) is 18.6 Å². The lowest BCUT2D eigenvalue weighted by molar-refractivity contribution is 0.0775. The first-order valence-electron chi connectivity index (χ1n) is 8.41. The first kappa shape index (κ1) is 19.9. The Morgan fingerprint density at radius 1 is 1.08 bits per heavy atom. The van der Waals surface area contributed by atoms with Crippen molar-refractivity contribution in [2.75, 3.05) is 39.3 Å². The van der Waals surface area contributed by atoms with E-state index in [1.807, 2.05) is 35.2 Å². The summed E-state index contributed by atoms with van der Waals surface area (Å²) in [7, 11) is 0. The molecule has 2 aromatic rings. The minimum atomic E-state index is 0. The molecule has 3 heterocycles. The maximum atomic E-state index is 12.9. The standard InChI is InChI=1S/C18H22N4O.2ClH/c23-18(16-5-1-3-14-4-2-7-20-17(14)16)22-10-6-15(13-22)21-11-8-19-9-12-21;;/h1-5,7,15,19H,6,8-13H2;2*1H. The number of likely N-dealkylation sites (tertiary alicyclic amines) is 1. The number of nitrogens with one attached hydrogen (secondary N) is 1. The number of hydrogen-bond acceptors (Lipinski definition) is 4. The number of para-hydroxylation sites is 1. The molecule has 5 nitrogen and oxygen atoms in total. The molecular formula is C18H24Cl2N4O. The van der Waals surface area contributed by atoms with Crippen molar-refractivity contribution in [3.05, 3.63) is 42.1 Å². The Kier molecular flexibility index (Phi) is 7.02. The number of rotatable bonds is 2. The molecule has 1 unspecified atom stereocenters. The molecule has 1 atom stereocenters. The topological polar surface area (TPSA) is 48.5 Å². The molecule has 1 amide bonds. The Morgan fingerprint density at radius 2 is 1.84 bits per heavy atom. The molecule has 0 spiro atoms. The van der Waals surface area contributed by atoms with Gasteiger partial charge in [0.1, 0.15) is 0 Å². The number of piperazine rings is 1. The van der Waals surface area contributed by atoms with Gasteiger partial charge in [0.05, 0.1) is 11.1 Å². The summed E-state index contributed by atoms with van der Waals surface area (Å²) < 4.78 is 0. The molecule has 1 N–H and O–H groups in total. The SMILES string of the molecule is Cl.Cl.O=C(c1cccc2cccnc12)N1CCC(N2CCNCC2)C1. The number of aromatic nitrogens is 1. The average Bonchev–Trinajstić information content (AvgIpc) is 3.11. The zero-order valence-electron chi connectivity index (χ0n) is 14.1. The third-order valence-corrected chi connectivity index (χ3v) is 4.98. The summed E-state index contributed by atoms with van der Waals surface area (Å²) in [5.74, 6) is 0.118. The summed E-state index contributed by atoms with van der Waals surface area (Å²) in [5.41, 5.74) is 1.54. The highest BCUT2D eigenvalue weighted by atomic mass is 35.5. The van der Waals surface area contributed by atoms with Crippen molar-refractivity contribution in [3.63, 3.8) is 0 Å². The van der Waals surface area contributed by atoms with Crippen LogP contribution in [0.3, 0.4) is 0 Å². The van der Waals surface area contributed by atoms with Crippen molar-refractivity contribution < 1.29 is 4.79 Å². The van der Waals surface area contributed by atoms with Gasteiger partial charge in [-0.15, -0.1) is 24.8 Å². The number of halogens is 2. The van der Waals surface area contributed by atoms with Crippen LogP contribution in [0.2, 0.25) is 0 Å². The summed E-state index contributed by atoms with van der Waals surface area (Å²) >= 11 is 0. The lowest BCUT2D eigenvalue weighted by Gasteiger charge is -2.32. The molecule has 4 rings (SSSR count). The highest BCUT2D eigenvalue weighted by molar-refractivity contribution is 6.05. The molecule has 0 saturated carbocycles. The van der Waals surface area contributed by atoms with Crippen molar-refractivity contribution in [2.45, 2.75) is 12.5 Å². The molecule has 2 fully saturated rings. The molecule has 1 aromatic carbocycles. The quantitative estimate of drug-likeness (QED) is 0.864. The number of hydrogen-bond donors (Lipinski definition) is 1. The Hall–Kier alpha value is -1.40. The summed E-state index contributed by atoms with van der Waals surface area (Å²) in [6, 6.07) is 10.3. The van der Waals surface area contributed by atoms with E-state index in [9.17, 15) is 4.79 Å². The molecule has 1 aromatic heterocycles. The minimum absolute atomic E-state index is 0. The van der Waals surface area contributed by atoms with E-state index in [-0.39, 0.29) is 30.7 Å². The van der Waals surface area contributed by atoms with Gasteiger partial charge in [0.25, 0.3) is 5.91 Å². The van der Waals surface area contributed by atoms with Crippen LogP contribution < -0.4 is 5.32 Å². The Morgan fingerprint density at radius 3 is 2.64 bits per heavy atom. The Balaban J connectivity index is 0.00000113. The van der Waals surface area contributed by atoms with Gasteiger partial charge >= 0.3 is 0 Å². The van der Waals surface area contributed by atoms with Gasteiger partial charge < -0.3 is 10.2 Å². The number of benzene rings is 1. The fourth-order valence-corrected chi connectivity index (χ4v) is 3.72. The first-order chi connectivity index (χ1) is 11.3. The molecule has 25 heavy (non-hydrogen) atoms. The predicted octanol–water partition coefficient (Wildman–Crippen LogP) is 2.20. The van der Waals surface area contributed by atoms with Gasteiger partial charge in [-0.3, -0.25) is 14.7 Å². The van der Waals surface area contributed by atoms with Gasteiger partial charge in [0.2, 0.25) is 0 Å². The van der Waals surface area contributed by atoms with Crippen LogP contribution >= 0.6 is 24.8 Å². The molecule has 0 bridgehead atoms. The number of amides is 1. The highest BCUT2D eigenvalue weighted by Crippen LogP contribution is 2.22. The van der Waals surface area contributed by atoms with Crippen LogP contribution in [0.25, 0.3) is 10.9 Å². The highest BCUT2D eigenvalue weighted by Gasteiger charge is 2.31. The maximum absolute atomic E-state index is 12.9. The van der Waals surface area contributed by atoms with Crippen molar-refractivity contribution in [2.24, 2.45) is 0 Å². The van der Waals surface area contributed by atoms with E-state index in [1.54, 1.807) is 6.20 Å². The molecule has 0 radical (unpaired) electrons. The zero-order chi connectivity index (χ0) is 15.6. The van der Waals surface area contributed by atoms with Crippen LogP contribution in [-0.4, -0.2) is 66.0 Å². The fourth-order valence-electron chi connectivity index (χ4n) is 3.72. The zero-order valence-corrected chi connectivity index (χ0v) is 15.7. The van der Waals surface area contributed by atoms with Crippen LogP contribution in [0.15, 0.2) is 36.5 Å². The summed E-state index contributed by atoms with van der Waals surface area (Å²) in [5, 5.41) is 4.41. The van der Waals surface area contributed by atoms with Gasteiger partial charge in [-0.1, -0.05) is 18.2 Å². The normalized spacial score (nSPS) is 20.8. The molecule has 7 heteroatoms. The second-order valence-corrected chi connectivity index (χ2v) is 6.36. The number of carbonyl (C=O) groups excluding carboxylic acids is 1. The van der Waals surface area contributed by atoms with E-state index in [0.29, 0.717) is 6.04 Å². The van der Waals surface area contributed by atoms with Crippen molar-refractivity contribution >= 4 is 41.6 Å². The fraction of sp³-hybridized carbons (Fsp3) is 0.444. The summed E-state index contributed by atoms with van der Waals surface area (Å²) in [6.07, 6.45) is 2.83. The number of carbonyl (C=O) groups is 1. The Labute approximate surface area is 160 Å². The predicted molar refractivity (Wildman–Crippen MR) is 105 cm³/mol. The smallest absolute Gasteiger partial charge is 0.256 e. The van der Waals surface area contributed by atoms with Crippen LogP contribution in [0, 0.1) is 0 Å². The summed E-state index contributed by atoms with van der Waals surface area (Å²) in [6.45, 7) is 5.96. The van der Waals surface area contributed by atoms with Gasteiger partial charge in [-0.2, -0.15) is 0 Å². The van der Waals surface area contributed by atoms with E-state index in [2.05, 4.69) is 15.2 Å². The van der Waals surface area contributed by atoms with E-state index < -0.39 is 0 Å². The lowest BCUT2D eigenvalue weighted by Crippen LogP contribution is -2.49. The molecule has 2 saturated heterocycles. The van der Waals surface area contributed by atoms with Crippen molar-refractivity contribution in [3.8, 4) is 0 Å². The molecule has 136 valence electrons. The largest absolute Gasteiger partial charge is 0.337 e. The number of pyridine rings is 1. The maximum Gasteiger partial charge on any atom is 0.256 e. The van der Waals surface area contributed by atoms with Crippen LogP contribution in [-0.2, 0) is 0 Å². The van der Waals surface area contributed by atoms with Crippen LogP contribution in [0.1, 0.15) is 16.8 Å². The van der Waals surface area contributed by atoms with E-state index >= 15 is 0 Å². The monoisotopic (exact) mass is 382 g/mol. The number of fused-ring (bicyclic) bond motifs is 1. The number of nitrogens with zero attached hydrogens (tertiary/aromatic N) is 3. The minimum Gasteiger partial charge on any atom is -0.337 e.